The number of carbonyl (C=O) groups excluding carboxylic acids is 1. The highest BCUT2D eigenvalue weighted by Crippen LogP contribution is 2.43. The molecular formula is C20H18ClN3OS. The van der Waals surface area contributed by atoms with Gasteiger partial charge in [-0.05, 0) is 30.2 Å². The Kier molecular flexibility index (Phi) is 4.74. The Morgan fingerprint density at radius 2 is 2.08 bits per heavy atom. The Morgan fingerprint density at radius 1 is 1.27 bits per heavy atom. The predicted octanol–water partition coefficient (Wildman–Crippen LogP) is 4.32. The average Bonchev–Trinajstić information content (AvgIpc) is 3.00. The zero-order chi connectivity index (χ0) is 18.1. The average molecular weight is 384 g/mol. The van der Waals surface area contributed by atoms with Crippen LogP contribution >= 0.6 is 23.4 Å². The SMILES string of the molecule is Cn1nc(C(=O)NCCc2ccccc2)c2c1-c1cc(Cl)ccc1SC2. The second-order valence-electron chi connectivity index (χ2n) is 6.22. The van der Waals surface area contributed by atoms with Crippen LogP contribution in [0.25, 0.3) is 11.3 Å². The van der Waals surface area contributed by atoms with Crippen molar-refractivity contribution >= 4 is 29.3 Å². The molecule has 0 spiro atoms. The number of benzene rings is 2. The van der Waals surface area contributed by atoms with Crippen molar-refractivity contribution in [2.45, 2.75) is 17.1 Å². The molecule has 1 aromatic heterocycles. The summed E-state index contributed by atoms with van der Waals surface area (Å²) in [6, 6.07) is 16.0. The highest BCUT2D eigenvalue weighted by Gasteiger charge is 2.27. The lowest BCUT2D eigenvalue weighted by Gasteiger charge is -2.17. The lowest BCUT2D eigenvalue weighted by molar-refractivity contribution is 0.0948. The van der Waals surface area contributed by atoms with Crippen molar-refractivity contribution in [1.29, 1.82) is 0 Å². The van der Waals surface area contributed by atoms with Gasteiger partial charge >= 0.3 is 0 Å². The highest BCUT2D eigenvalue weighted by atomic mass is 35.5. The smallest absolute Gasteiger partial charge is 0.272 e. The van der Waals surface area contributed by atoms with E-state index in [0.717, 1.165) is 29.0 Å². The van der Waals surface area contributed by atoms with Gasteiger partial charge in [0.1, 0.15) is 0 Å². The number of halogens is 1. The van der Waals surface area contributed by atoms with Crippen molar-refractivity contribution in [2.24, 2.45) is 7.05 Å². The van der Waals surface area contributed by atoms with Crippen molar-refractivity contribution in [3.05, 3.63) is 70.4 Å². The molecule has 2 aromatic carbocycles. The van der Waals surface area contributed by atoms with Gasteiger partial charge in [0, 0.05) is 40.4 Å². The van der Waals surface area contributed by atoms with Crippen molar-refractivity contribution in [3.8, 4) is 11.3 Å². The van der Waals surface area contributed by atoms with Crippen LogP contribution in [0.5, 0.6) is 0 Å². The molecule has 0 fully saturated rings. The van der Waals surface area contributed by atoms with Gasteiger partial charge in [0.15, 0.2) is 5.69 Å². The Hall–Kier alpha value is -2.24. The summed E-state index contributed by atoms with van der Waals surface area (Å²) in [6.45, 7) is 0.587. The molecule has 4 nitrogen and oxygen atoms in total. The number of amides is 1. The van der Waals surface area contributed by atoms with E-state index in [9.17, 15) is 4.79 Å². The second kappa shape index (κ2) is 7.17. The van der Waals surface area contributed by atoms with Gasteiger partial charge in [-0.1, -0.05) is 41.9 Å². The number of hydrogen-bond donors (Lipinski definition) is 1. The largest absolute Gasteiger partial charge is 0.350 e. The third-order valence-corrected chi connectivity index (χ3v) is 5.81. The van der Waals surface area contributed by atoms with Gasteiger partial charge in [-0.2, -0.15) is 5.10 Å². The quantitative estimate of drug-likeness (QED) is 0.729. The maximum Gasteiger partial charge on any atom is 0.272 e. The van der Waals surface area contributed by atoms with Gasteiger partial charge in [0.05, 0.1) is 5.69 Å². The fraction of sp³-hybridized carbons (Fsp3) is 0.200. The third kappa shape index (κ3) is 3.24. The number of fused-ring (bicyclic) bond motifs is 3. The summed E-state index contributed by atoms with van der Waals surface area (Å²) < 4.78 is 1.79. The molecule has 26 heavy (non-hydrogen) atoms. The zero-order valence-corrected chi connectivity index (χ0v) is 15.9. The van der Waals surface area contributed by atoms with E-state index >= 15 is 0 Å². The number of nitrogens with zero attached hydrogens (tertiary/aromatic N) is 2. The topological polar surface area (TPSA) is 46.9 Å². The fourth-order valence-electron chi connectivity index (χ4n) is 3.24. The minimum absolute atomic E-state index is 0.121. The molecule has 0 aliphatic carbocycles. The Labute approximate surface area is 161 Å². The van der Waals surface area contributed by atoms with E-state index in [-0.39, 0.29) is 5.91 Å². The predicted molar refractivity (Wildman–Crippen MR) is 106 cm³/mol. The molecule has 0 saturated heterocycles. The summed E-state index contributed by atoms with van der Waals surface area (Å²) in [5.74, 6) is 0.614. The second-order valence-corrected chi connectivity index (χ2v) is 7.67. The molecule has 0 bridgehead atoms. The van der Waals surface area contributed by atoms with Crippen LogP contribution in [0.1, 0.15) is 21.6 Å². The minimum atomic E-state index is -0.121. The van der Waals surface area contributed by atoms with E-state index < -0.39 is 0 Å². The van der Waals surface area contributed by atoms with Crippen molar-refractivity contribution in [2.75, 3.05) is 6.54 Å². The van der Waals surface area contributed by atoms with Crippen LogP contribution in [0.4, 0.5) is 0 Å². The Bertz CT molecular complexity index is 969. The zero-order valence-electron chi connectivity index (χ0n) is 14.3. The first-order valence-corrected chi connectivity index (χ1v) is 9.80. The number of carbonyl (C=O) groups is 1. The molecule has 0 radical (unpaired) electrons. The first-order valence-electron chi connectivity index (χ1n) is 8.44. The maximum absolute atomic E-state index is 12.7. The molecule has 1 amide bonds. The summed E-state index contributed by atoms with van der Waals surface area (Å²) in [6.07, 6.45) is 0.800. The summed E-state index contributed by atoms with van der Waals surface area (Å²) in [4.78, 5) is 13.8. The van der Waals surface area contributed by atoms with Gasteiger partial charge in [-0.15, -0.1) is 11.8 Å². The van der Waals surface area contributed by atoms with E-state index in [1.807, 2.05) is 43.4 Å². The number of hydrogen-bond acceptors (Lipinski definition) is 3. The maximum atomic E-state index is 12.7. The molecule has 2 heterocycles. The first kappa shape index (κ1) is 17.2. The van der Waals surface area contributed by atoms with E-state index in [4.69, 9.17) is 11.6 Å². The number of aromatic nitrogens is 2. The molecule has 0 unspecified atom stereocenters. The van der Waals surface area contributed by atoms with Gasteiger partial charge in [-0.3, -0.25) is 9.48 Å². The summed E-state index contributed by atoms with van der Waals surface area (Å²) in [5.41, 5.74) is 4.71. The lowest BCUT2D eigenvalue weighted by Crippen LogP contribution is -2.27. The van der Waals surface area contributed by atoms with Gasteiger partial charge in [0.2, 0.25) is 0 Å². The van der Waals surface area contributed by atoms with Crippen molar-refractivity contribution < 1.29 is 4.79 Å². The van der Waals surface area contributed by atoms with Crippen LogP contribution < -0.4 is 5.32 Å². The minimum Gasteiger partial charge on any atom is -0.350 e. The molecule has 132 valence electrons. The highest BCUT2D eigenvalue weighted by molar-refractivity contribution is 7.98. The van der Waals surface area contributed by atoms with Crippen molar-refractivity contribution in [3.63, 3.8) is 0 Å². The molecule has 3 aromatic rings. The Morgan fingerprint density at radius 3 is 2.88 bits per heavy atom. The number of aryl methyl sites for hydroxylation is 1. The lowest BCUT2D eigenvalue weighted by atomic mass is 10.1. The number of nitrogens with one attached hydrogen (secondary N) is 1. The number of rotatable bonds is 4. The molecule has 1 aliphatic heterocycles. The standard InChI is InChI=1S/C20H18ClN3OS/c1-24-19-15-11-14(21)7-8-17(15)26-12-16(19)18(23-24)20(25)22-10-9-13-5-3-2-4-6-13/h2-8,11H,9-10,12H2,1H3,(H,22,25). The third-order valence-electron chi connectivity index (χ3n) is 4.47. The van der Waals surface area contributed by atoms with Gasteiger partial charge < -0.3 is 5.32 Å². The van der Waals surface area contributed by atoms with E-state index in [1.165, 1.54) is 10.5 Å². The van der Waals surface area contributed by atoms with E-state index in [0.29, 0.717) is 17.3 Å². The summed E-state index contributed by atoms with van der Waals surface area (Å²) in [7, 11) is 1.88. The summed E-state index contributed by atoms with van der Waals surface area (Å²) >= 11 is 7.89. The molecule has 1 aliphatic rings. The fourth-order valence-corrected chi connectivity index (χ4v) is 4.46. The van der Waals surface area contributed by atoms with Gasteiger partial charge in [0.25, 0.3) is 5.91 Å². The van der Waals surface area contributed by atoms with Crippen LogP contribution in [0.3, 0.4) is 0 Å². The monoisotopic (exact) mass is 383 g/mol. The first-order chi connectivity index (χ1) is 12.6. The summed E-state index contributed by atoms with van der Waals surface area (Å²) in [5, 5.41) is 8.18. The molecule has 0 atom stereocenters. The van der Waals surface area contributed by atoms with Crippen LogP contribution in [-0.4, -0.2) is 22.2 Å². The molecule has 0 saturated carbocycles. The normalized spacial score (nSPS) is 12.4. The molecule has 1 N–H and O–H groups in total. The van der Waals surface area contributed by atoms with E-state index in [1.54, 1.807) is 16.4 Å². The number of thioether (sulfide) groups is 1. The molecular weight excluding hydrogens is 366 g/mol. The molecule has 4 rings (SSSR count). The molecule has 6 heteroatoms. The van der Waals surface area contributed by atoms with Crippen molar-refractivity contribution in [1.82, 2.24) is 15.1 Å². The van der Waals surface area contributed by atoms with Crippen LogP contribution in [0.2, 0.25) is 5.02 Å². The van der Waals surface area contributed by atoms with Gasteiger partial charge in [-0.25, -0.2) is 0 Å². The van der Waals surface area contributed by atoms with E-state index in [2.05, 4.69) is 22.5 Å². The Balaban J connectivity index is 1.55. The van der Waals surface area contributed by atoms with Crippen LogP contribution in [-0.2, 0) is 19.2 Å². The van der Waals surface area contributed by atoms with Crippen LogP contribution in [0.15, 0.2) is 53.4 Å². The van der Waals surface area contributed by atoms with Crippen LogP contribution in [0, 0.1) is 0 Å².